The van der Waals surface area contributed by atoms with E-state index in [1.165, 1.54) is 0 Å². The number of amides is 2. The SMILES string of the molecule is COc1ccc(OC(=O)NCCOCCNC(=O)Oc2ccc(OC)cc2)cc1. The number of hydrogen-bond donors (Lipinski definition) is 2. The van der Waals surface area contributed by atoms with E-state index in [0.29, 0.717) is 23.0 Å². The highest BCUT2D eigenvalue weighted by molar-refractivity contribution is 5.70. The lowest BCUT2D eigenvalue weighted by atomic mass is 10.3. The summed E-state index contributed by atoms with van der Waals surface area (Å²) in [4.78, 5) is 23.3. The molecule has 0 bridgehead atoms. The average Bonchev–Trinajstić information content (AvgIpc) is 2.74. The Labute approximate surface area is 168 Å². The zero-order chi connectivity index (χ0) is 20.9. The molecule has 0 radical (unpaired) electrons. The topological polar surface area (TPSA) is 104 Å². The summed E-state index contributed by atoms with van der Waals surface area (Å²) in [7, 11) is 3.11. The number of hydrogen-bond acceptors (Lipinski definition) is 7. The van der Waals surface area contributed by atoms with E-state index in [1.54, 1.807) is 62.8 Å². The van der Waals surface area contributed by atoms with Gasteiger partial charge in [-0.1, -0.05) is 0 Å². The predicted octanol–water partition coefficient (Wildman–Crippen LogP) is 2.60. The minimum atomic E-state index is -0.583. The highest BCUT2D eigenvalue weighted by Crippen LogP contribution is 2.17. The van der Waals surface area contributed by atoms with Crippen LogP contribution >= 0.6 is 0 Å². The minimum Gasteiger partial charge on any atom is -0.497 e. The van der Waals surface area contributed by atoms with Gasteiger partial charge in [0, 0.05) is 13.1 Å². The van der Waals surface area contributed by atoms with Gasteiger partial charge in [0.25, 0.3) is 0 Å². The molecule has 0 saturated heterocycles. The van der Waals surface area contributed by atoms with Gasteiger partial charge in [0.05, 0.1) is 27.4 Å². The number of rotatable bonds is 10. The van der Waals surface area contributed by atoms with Crippen LogP contribution in [0.3, 0.4) is 0 Å². The Balaban J connectivity index is 1.50. The van der Waals surface area contributed by atoms with Crippen LogP contribution in [0.2, 0.25) is 0 Å². The van der Waals surface area contributed by atoms with Gasteiger partial charge in [-0.3, -0.25) is 0 Å². The van der Waals surface area contributed by atoms with Crippen LogP contribution in [0, 0.1) is 0 Å². The van der Waals surface area contributed by atoms with Crippen molar-refractivity contribution in [2.45, 2.75) is 0 Å². The second kappa shape index (κ2) is 12.1. The Bertz CT molecular complexity index is 698. The summed E-state index contributed by atoms with van der Waals surface area (Å²) in [5, 5.41) is 5.12. The molecular formula is C20H24N2O7. The minimum absolute atomic E-state index is 0.269. The van der Waals surface area contributed by atoms with Gasteiger partial charge in [-0.15, -0.1) is 0 Å². The molecule has 0 aromatic heterocycles. The smallest absolute Gasteiger partial charge is 0.412 e. The fraction of sp³-hybridized carbons (Fsp3) is 0.300. The molecule has 29 heavy (non-hydrogen) atoms. The first-order chi connectivity index (χ1) is 14.1. The van der Waals surface area contributed by atoms with Crippen LogP contribution in [0.4, 0.5) is 9.59 Å². The molecule has 9 heteroatoms. The second-order valence-electron chi connectivity index (χ2n) is 5.60. The number of carbonyl (C=O) groups excluding carboxylic acids is 2. The van der Waals surface area contributed by atoms with E-state index >= 15 is 0 Å². The molecular weight excluding hydrogens is 380 g/mol. The lowest BCUT2D eigenvalue weighted by Crippen LogP contribution is -2.32. The van der Waals surface area contributed by atoms with Gasteiger partial charge in [0.1, 0.15) is 23.0 Å². The number of nitrogens with one attached hydrogen (secondary N) is 2. The summed E-state index contributed by atoms with van der Waals surface area (Å²) in [6, 6.07) is 13.3. The maximum Gasteiger partial charge on any atom is 0.412 e. The first kappa shape index (κ1) is 21.8. The van der Waals surface area contributed by atoms with Crippen LogP contribution in [0.25, 0.3) is 0 Å². The third-order valence-corrected chi connectivity index (χ3v) is 3.57. The predicted molar refractivity (Wildman–Crippen MR) is 105 cm³/mol. The molecule has 2 aromatic rings. The van der Waals surface area contributed by atoms with Crippen molar-refractivity contribution in [1.82, 2.24) is 10.6 Å². The van der Waals surface area contributed by atoms with E-state index in [0.717, 1.165) is 0 Å². The molecule has 2 rings (SSSR count). The van der Waals surface area contributed by atoms with E-state index in [1.807, 2.05) is 0 Å². The number of ether oxygens (including phenoxy) is 5. The van der Waals surface area contributed by atoms with E-state index in [2.05, 4.69) is 10.6 Å². The quantitative estimate of drug-likeness (QED) is 0.587. The van der Waals surface area contributed by atoms with Gasteiger partial charge in [-0.05, 0) is 48.5 Å². The number of carbonyl (C=O) groups is 2. The van der Waals surface area contributed by atoms with Crippen molar-refractivity contribution in [1.29, 1.82) is 0 Å². The first-order valence-corrected chi connectivity index (χ1v) is 8.88. The molecule has 0 aliphatic heterocycles. The Morgan fingerprint density at radius 3 is 1.34 bits per heavy atom. The van der Waals surface area contributed by atoms with Gasteiger partial charge >= 0.3 is 12.2 Å². The molecule has 2 N–H and O–H groups in total. The van der Waals surface area contributed by atoms with Crippen molar-refractivity contribution >= 4 is 12.2 Å². The van der Waals surface area contributed by atoms with E-state index in [9.17, 15) is 9.59 Å². The Morgan fingerprint density at radius 1 is 0.655 bits per heavy atom. The normalized spacial score (nSPS) is 10.0. The summed E-state index contributed by atoms with van der Waals surface area (Å²) in [5.41, 5.74) is 0. The van der Waals surface area contributed by atoms with E-state index in [-0.39, 0.29) is 26.3 Å². The van der Waals surface area contributed by atoms with Gasteiger partial charge < -0.3 is 34.3 Å². The Kier molecular flexibility index (Phi) is 9.10. The molecule has 0 aliphatic carbocycles. The van der Waals surface area contributed by atoms with Crippen LogP contribution in [-0.2, 0) is 4.74 Å². The first-order valence-electron chi connectivity index (χ1n) is 8.88. The average molecular weight is 404 g/mol. The van der Waals surface area contributed by atoms with Gasteiger partial charge in [-0.2, -0.15) is 0 Å². The van der Waals surface area contributed by atoms with Crippen LogP contribution in [0.5, 0.6) is 23.0 Å². The molecule has 2 amide bonds. The van der Waals surface area contributed by atoms with E-state index < -0.39 is 12.2 Å². The number of benzene rings is 2. The lowest BCUT2D eigenvalue weighted by molar-refractivity contribution is 0.132. The van der Waals surface area contributed by atoms with E-state index in [4.69, 9.17) is 23.7 Å². The van der Waals surface area contributed by atoms with Crippen molar-refractivity contribution in [3.63, 3.8) is 0 Å². The summed E-state index contributed by atoms with van der Waals surface area (Å²) >= 11 is 0. The summed E-state index contributed by atoms with van der Waals surface area (Å²) in [5.74, 6) is 2.16. The van der Waals surface area contributed by atoms with Crippen molar-refractivity contribution in [3.05, 3.63) is 48.5 Å². The zero-order valence-electron chi connectivity index (χ0n) is 16.3. The molecule has 2 aromatic carbocycles. The standard InChI is InChI=1S/C20H24N2O7/c1-25-15-3-7-17(8-4-15)28-19(23)21-11-13-27-14-12-22-20(24)29-18-9-5-16(26-2)6-10-18/h3-10H,11-14H2,1-2H3,(H,21,23)(H,22,24). The fourth-order valence-corrected chi connectivity index (χ4v) is 2.13. The molecule has 0 atom stereocenters. The maximum atomic E-state index is 11.7. The molecule has 9 nitrogen and oxygen atoms in total. The third kappa shape index (κ3) is 8.39. The highest BCUT2D eigenvalue weighted by Gasteiger charge is 2.05. The van der Waals surface area contributed by atoms with Crippen LogP contribution in [-0.4, -0.2) is 52.7 Å². The van der Waals surface area contributed by atoms with Crippen LogP contribution < -0.4 is 29.6 Å². The van der Waals surface area contributed by atoms with Gasteiger partial charge in [-0.25, -0.2) is 9.59 Å². The Hall–Kier alpha value is -3.46. The van der Waals surface area contributed by atoms with Gasteiger partial charge in [0.2, 0.25) is 0 Å². The molecule has 0 spiro atoms. The van der Waals surface area contributed by atoms with Crippen LogP contribution in [0.1, 0.15) is 0 Å². The summed E-state index contributed by atoms with van der Waals surface area (Å²) in [6.45, 7) is 1.08. The zero-order valence-corrected chi connectivity index (χ0v) is 16.3. The fourth-order valence-electron chi connectivity index (χ4n) is 2.13. The molecule has 0 saturated carbocycles. The van der Waals surface area contributed by atoms with Crippen molar-refractivity contribution < 1.29 is 33.3 Å². The number of methoxy groups -OCH3 is 2. The third-order valence-electron chi connectivity index (χ3n) is 3.57. The molecule has 0 unspecified atom stereocenters. The van der Waals surface area contributed by atoms with Crippen LogP contribution in [0.15, 0.2) is 48.5 Å². The van der Waals surface area contributed by atoms with Crippen molar-refractivity contribution in [3.8, 4) is 23.0 Å². The largest absolute Gasteiger partial charge is 0.497 e. The monoisotopic (exact) mass is 404 g/mol. The second-order valence-corrected chi connectivity index (χ2v) is 5.60. The molecule has 156 valence electrons. The molecule has 0 aliphatic rings. The summed E-state index contributed by atoms with van der Waals surface area (Å²) in [6.07, 6.45) is -1.17. The molecule has 0 fully saturated rings. The van der Waals surface area contributed by atoms with Crippen molar-refractivity contribution in [2.24, 2.45) is 0 Å². The van der Waals surface area contributed by atoms with Gasteiger partial charge in [0.15, 0.2) is 0 Å². The lowest BCUT2D eigenvalue weighted by Gasteiger charge is -2.09. The maximum absolute atomic E-state index is 11.7. The summed E-state index contributed by atoms with van der Waals surface area (Å²) < 4.78 is 25.6. The molecule has 0 heterocycles. The van der Waals surface area contributed by atoms with Crippen molar-refractivity contribution in [2.75, 3.05) is 40.5 Å². The Morgan fingerprint density at radius 2 is 1.00 bits per heavy atom. The highest BCUT2D eigenvalue weighted by atomic mass is 16.6.